The van der Waals surface area contributed by atoms with Crippen molar-refractivity contribution in [2.75, 3.05) is 0 Å². The van der Waals surface area contributed by atoms with Gasteiger partial charge >= 0.3 is 5.97 Å². The number of nitrogens with zero attached hydrogens (tertiary/aromatic N) is 1. The fourth-order valence-corrected chi connectivity index (χ4v) is 2.06. The second kappa shape index (κ2) is 4.25. The molecule has 5 heteroatoms. The third-order valence-electron chi connectivity index (χ3n) is 2.55. The number of halogens is 1. The molecule has 1 aromatic heterocycles. The molecule has 1 atom stereocenters. The SMILES string of the molecule is CC(Cc1[nH]nc2c(Br)cccc12)C(=O)O. The third-order valence-corrected chi connectivity index (χ3v) is 3.19. The Morgan fingerprint density at radius 2 is 2.38 bits per heavy atom. The van der Waals surface area contributed by atoms with Gasteiger partial charge in [0.1, 0.15) is 5.52 Å². The van der Waals surface area contributed by atoms with Gasteiger partial charge in [-0.05, 0) is 22.0 Å². The average molecular weight is 283 g/mol. The van der Waals surface area contributed by atoms with E-state index in [1.165, 1.54) is 0 Å². The van der Waals surface area contributed by atoms with E-state index in [0.29, 0.717) is 6.42 Å². The number of hydrogen-bond acceptors (Lipinski definition) is 2. The van der Waals surface area contributed by atoms with E-state index in [9.17, 15) is 4.79 Å². The topological polar surface area (TPSA) is 66.0 Å². The van der Waals surface area contributed by atoms with Crippen molar-refractivity contribution in [3.05, 3.63) is 28.4 Å². The molecule has 0 fully saturated rings. The molecule has 2 rings (SSSR count). The summed E-state index contributed by atoms with van der Waals surface area (Å²) in [4.78, 5) is 10.8. The lowest BCUT2D eigenvalue weighted by Crippen LogP contribution is -2.12. The van der Waals surface area contributed by atoms with Crippen LogP contribution in [0.25, 0.3) is 10.9 Å². The molecule has 0 amide bonds. The van der Waals surface area contributed by atoms with Gasteiger partial charge in [0.2, 0.25) is 0 Å². The standard InChI is InChI=1S/C11H11BrN2O2/c1-6(11(15)16)5-9-7-3-2-4-8(12)10(7)14-13-9/h2-4,6H,5H2,1H3,(H,13,14)(H,15,16). The van der Waals surface area contributed by atoms with Crippen molar-refractivity contribution in [3.8, 4) is 0 Å². The lowest BCUT2D eigenvalue weighted by atomic mass is 10.0. The van der Waals surface area contributed by atoms with E-state index in [-0.39, 0.29) is 0 Å². The van der Waals surface area contributed by atoms with Crippen LogP contribution in [0.3, 0.4) is 0 Å². The van der Waals surface area contributed by atoms with Gasteiger partial charge in [0, 0.05) is 22.0 Å². The molecule has 1 unspecified atom stereocenters. The van der Waals surface area contributed by atoms with Crippen LogP contribution in [0, 0.1) is 5.92 Å². The van der Waals surface area contributed by atoms with Gasteiger partial charge in [-0.2, -0.15) is 5.10 Å². The Labute approximate surface area is 101 Å². The molecule has 16 heavy (non-hydrogen) atoms. The quantitative estimate of drug-likeness (QED) is 0.909. The highest BCUT2D eigenvalue weighted by Crippen LogP contribution is 2.25. The maximum Gasteiger partial charge on any atom is 0.306 e. The van der Waals surface area contributed by atoms with Crippen LogP contribution in [0.5, 0.6) is 0 Å². The zero-order valence-electron chi connectivity index (χ0n) is 8.70. The van der Waals surface area contributed by atoms with Gasteiger partial charge < -0.3 is 5.11 Å². The number of rotatable bonds is 3. The summed E-state index contributed by atoms with van der Waals surface area (Å²) in [5, 5.41) is 16.9. The maximum absolute atomic E-state index is 10.8. The highest BCUT2D eigenvalue weighted by atomic mass is 79.9. The number of carboxylic acid groups (broad SMARTS) is 1. The largest absolute Gasteiger partial charge is 0.481 e. The first-order valence-corrected chi connectivity index (χ1v) is 5.73. The zero-order valence-corrected chi connectivity index (χ0v) is 10.3. The van der Waals surface area contributed by atoms with Crippen LogP contribution in [-0.2, 0) is 11.2 Å². The lowest BCUT2D eigenvalue weighted by molar-refractivity contribution is -0.141. The van der Waals surface area contributed by atoms with Gasteiger partial charge in [-0.15, -0.1) is 0 Å². The fraction of sp³-hybridized carbons (Fsp3) is 0.273. The summed E-state index contributed by atoms with van der Waals surface area (Å²) >= 11 is 3.41. The van der Waals surface area contributed by atoms with Crippen LogP contribution < -0.4 is 0 Å². The number of nitrogens with one attached hydrogen (secondary N) is 1. The van der Waals surface area contributed by atoms with Crippen LogP contribution in [0.15, 0.2) is 22.7 Å². The highest BCUT2D eigenvalue weighted by Gasteiger charge is 2.15. The van der Waals surface area contributed by atoms with Crippen LogP contribution >= 0.6 is 15.9 Å². The Morgan fingerprint density at radius 1 is 1.62 bits per heavy atom. The monoisotopic (exact) mass is 282 g/mol. The Bertz CT molecular complexity index is 536. The first-order chi connectivity index (χ1) is 7.59. The molecule has 0 aliphatic rings. The van der Waals surface area contributed by atoms with Crippen molar-refractivity contribution in [2.24, 2.45) is 5.92 Å². The van der Waals surface area contributed by atoms with Crippen molar-refractivity contribution >= 4 is 32.8 Å². The first-order valence-electron chi connectivity index (χ1n) is 4.94. The van der Waals surface area contributed by atoms with Crippen molar-refractivity contribution in [3.63, 3.8) is 0 Å². The van der Waals surface area contributed by atoms with E-state index in [1.54, 1.807) is 6.92 Å². The molecule has 0 aliphatic carbocycles. The Balaban J connectivity index is 2.39. The van der Waals surface area contributed by atoms with Crippen molar-refractivity contribution < 1.29 is 9.90 Å². The molecule has 0 bridgehead atoms. The minimum absolute atomic E-state index is 0.414. The number of carboxylic acids is 1. The number of hydrogen-bond donors (Lipinski definition) is 2. The van der Waals surface area contributed by atoms with Crippen molar-refractivity contribution in [2.45, 2.75) is 13.3 Å². The summed E-state index contributed by atoms with van der Waals surface area (Å²) in [6.45, 7) is 1.69. The number of aromatic amines is 1. The zero-order chi connectivity index (χ0) is 11.7. The normalized spacial score (nSPS) is 12.9. The van der Waals surface area contributed by atoms with Crippen LogP contribution in [0.4, 0.5) is 0 Å². The van der Waals surface area contributed by atoms with Crippen LogP contribution in [-0.4, -0.2) is 21.3 Å². The van der Waals surface area contributed by atoms with Crippen molar-refractivity contribution in [1.29, 1.82) is 0 Å². The molecule has 2 aromatic rings. The van der Waals surface area contributed by atoms with Crippen LogP contribution in [0.1, 0.15) is 12.6 Å². The molecular weight excluding hydrogens is 272 g/mol. The van der Waals surface area contributed by atoms with Gasteiger partial charge in [0.05, 0.1) is 5.92 Å². The number of aliphatic carboxylic acids is 1. The summed E-state index contributed by atoms with van der Waals surface area (Å²) in [6.07, 6.45) is 0.461. The second-order valence-corrected chi connectivity index (χ2v) is 4.64. The lowest BCUT2D eigenvalue weighted by Gasteiger charge is -2.03. The van der Waals surface area contributed by atoms with E-state index in [0.717, 1.165) is 21.1 Å². The van der Waals surface area contributed by atoms with E-state index in [4.69, 9.17) is 5.11 Å². The fourth-order valence-electron chi connectivity index (χ4n) is 1.61. The van der Waals surface area contributed by atoms with E-state index in [2.05, 4.69) is 26.1 Å². The molecule has 0 saturated carbocycles. The summed E-state index contributed by atoms with van der Waals surface area (Å²) in [6, 6.07) is 5.76. The number of aromatic nitrogens is 2. The van der Waals surface area contributed by atoms with Gasteiger partial charge in [-0.1, -0.05) is 19.1 Å². The Kier molecular flexibility index (Phi) is 2.96. The van der Waals surface area contributed by atoms with E-state index < -0.39 is 11.9 Å². The van der Waals surface area contributed by atoms with Crippen molar-refractivity contribution in [1.82, 2.24) is 10.2 Å². The van der Waals surface area contributed by atoms with Gasteiger partial charge in [0.15, 0.2) is 0 Å². The van der Waals surface area contributed by atoms with Gasteiger partial charge in [0.25, 0.3) is 0 Å². The molecular formula is C11H11BrN2O2. The molecule has 0 radical (unpaired) electrons. The minimum atomic E-state index is -0.794. The summed E-state index contributed by atoms with van der Waals surface area (Å²) in [5.74, 6) is -1.21. The third kappa shape index (κ3) is 1.95. The molecule has 0 aliphatic heterocycles. The molecule has 2 N–H and O–H groups in total. The Morgan fingerprint density at radius 3 is 3.06 bits per heavy atom. The molecule has 1 aromatic carbocycles. The first kappa shape index (κ1) is 11.1. The summed E-state index contributed by atoms with van der Waals surface area (Å²) in [5.41, 5.74) is 1.71. The number of carbonyl (C=O) groups is 1. The van der Waals surface area contributed by atoms with Crippen LogP contribution in [0.2, 0.25) is 0 Å². The smallest absolute Gasteiger partial charge is 0.306 e. The molecule has 1 heterocycles. The predicted octanol–water partition coefficient (Wildman–Crippen LogP) is 2.59. The maximum atomic E-state index is 10.8. The molecule has 4 nitrogen and oxygen atoms in total. The predicted molar refractivity (Wildman–Crippen MR) is 64.3 cm³/mol. The average Bonchev–Trinajstić information content (AvgIpc) is 2.63. The van der Waals surface area contributed by atoms with E-state index >= 15 is 0 Å². The number of benzene rings is 1. The Hall–Kier alpha value is -1.36. The number of para-hydroxylation sites is 1. The second-order valence-electron chi connectivity index (χ2n) is 3.78. The van der Waals surface area contributed by atoms with Gasteiger partial charge in [-0.3, -0.25) is 9.89 Å². The summed E-state index contributed by atoms with van der Waals surface area (Å²) in [7, 11) is 0. The summed E-state index contributed by atoms with van der Waals surface area (Å²) < 4.78 is 0.912. The molecule has 0 spiro atoms. The minimum Gasteiger partial charge on any atom is -0.481 e. The highest BCUT2D eigenvalue weighted by molar-refractivity contribution is 9.10. The number of fused-ring (bicyclic) bond motifs is 1. The van der Waals surface area contributed by atoms with Gasteiger partial charge in [-0.25, -0.2) is 0 Å². The molecule has 0 saturated heterocycles. The molecule has 84 valence electrons. The number of H-pyrrole nitrogens is 1. The van der Waals surface area contributed by atoms with E-state index in [1.807, 2.05) is 18.2 Å².